The highest BCUT2D eigenvalue weighted by Gasteiger charge is 2.14. The van der Waals surface area contributed by atoms with E-state index < -0.39 is 0 Å². The van der Waals surface area contributed by atoms with Crippen molar-refractivity contribution in [1.29, 1.82) is 0 Å². The van der Waals surface area contributed by atoms with Crippen LogP contribution in [0.2, 0.25) is 0 Å². The van der Waals surface area contributed by atoms with Gasteiger partial charge in [0.2, 0.25) is 0 Å². The van der Waals surface area contributed by atoms with Crippen molar-refractivity contribution in [3.63, 3.8) is 0 Å². The molecule has 1 aliphatic carbocycles. The van der Waals surface area contributed by atoms with E-state index in [2.05, 4.69) is 0 Å². The Kier molecular flexibility index (Phi) is 1.33. The molecule has 1 aliphatic rings. The highest BCUT2D eigenvalue weighted by molar-refractivity contribution is 5.25. The van der Waals surface area contributed by atoms with Gasteiger partial charge in [0, 0.05) is 11.2 Å². The smallest absolute Gasteiger partial charge is 0.0350 e. The molecule has 0 spiro atoms. The van der Waals surface area contributed by atoms with E-state index in [1.165, 1.54) is 0 Å². The Bertz CT molecular complexity index is 166. The molecule has 1 unspecified atom stereocenters. The van der Waals surface area contributed by atoms with Crippen molar-refractivity contribution < 1.29 is 0 Å². The van der Waals surface area contributed by atoms with E-state index in [0.717, 1.165) is 12.1 Å². The minimum atomic E-state index is -0.178. The average Bonchev–Trinajstić information content (AvgIpc) is 1.78. The third-order valence-electron chi connectivity index (χ3n) is 1.43. The first-order valence-corrected chi connectivity index (χ1v) is 3.04. The average molecular weight is 124 g/mol. The number of allylic oxidation sites excluding steroid dienone is 1. The first-order chi connectivity index (χ1) is 4.10. The fraction of sp³-hybridized carbons (Fsp3) is 0.429. The Labute approximate surface area is 55.2 Å². The molecule has 0 fully saturated rings. The van der Waals surface area contributed by atoms with Gasteiger partial charge >= 0.3 is 0 Å². The molecule has 4 N–H and O–H groups in total. The Morgan fingerprint density at radius 1 is 1.67 bits per heavy atom. The van der Waals surface area contributed by atoms with Crippen LogP contribution in [0.1, 0.15) is 13.3 Å². The molecule has 0 aromatic carbocycles. The minimum absolute atomic E-state index is 0.178. The van der Waals surface area contributed by atoms with Crippen LogP contribution < -0.4 is 11.5 Å². The van der Waals surface area contributed by atoms with E-state index in [1.807, 2.05) is 25.2 Å². The third-order valence-corrected chi connectivity index (χ3v) is 1.43. The maximum absolute atomic E-state index is 5.75. The van der Waals surface area contributed by atoms with E-state index in [0.29, 0.717) is 0 Å². The molecule has 0 amide bonds. The van der Waals surface area contributed by atoms with E-state index in [9.17, 15) is 0 Å². The molecular weight excluding hydrogens is 112 g/mol. The van der Waals surface area contributed by atoms with Crippen LogP contribution in [-0.4, -0.2) is 5.54 Å². The summed E-state index contributed by atoms with van der Waals surface area (Å²) in [6.45, 7) is 1.98. The molecule has 9 heavy (non-hydrogen) atoms. The molecule has 0 bridgehead atoms. The van der Waals surface area contributed by atoms with Gasteiger partial charge in [-0.3, -0.25) is 0 Å². The second kappa shape index (κ2) is 1.88. The van der Waals surface area contributed by atoms with E-state index in [1.54, 1.807) is 0 Å². The molecule has 0 heterocycles. The summed E-state index contributed by atoms with van der Waals surface area (Å²) in [6, 6.07) is 0. The number of nitrogens with two attached hydrogens (primary N) is 2. The van der Waals surface area contributed by atoms with Gasteiger partial charge in [-0.15, -0.1) is 0 Å². The van der Waals surface area contributed by atoms with Gasteiger partial charge in [0.1, 0.15) is 0 Å². The van der Waals surface area contributed by atoms with Gasteiger partial charge in [-0.05, 0) is 19.4 Å². The third kappa shape index (κ3) is 1.57. The minimum Gasteiger partial charge on any atom is -0.399 e. The van der Waals surface area contributed by atoms with Crippen LogP contribution in [0, 0.1) is 0 Å². The van der Waals surface area contributed by atoms with Crippen LogP contribution in [0.4, 0.5) is 0 Å². The van der Waals surface area contributed by atoms with Crippen LogP contribution in [0.5, 0.6) is 0 Å². The quantitative estimate of drug-likeness (QED) is 0.494. The largest absolute Gasteiger partial charge is 0.399 e. The van der Waals surface area contributed by atoms with Gasteiger partial charge in [0.15, 0.2) is 0 Å². The zero-order valence-electron chi connectivity index (χ0n) is 5.59. The zero-order valence-corrected chi connectivity index (χ0v) is 5.59. The van der Waals surface area contributed by atoms with Crippen LogP contribution in [0.15, 0.2) is 23.9 Å². The zero-order chi connectivity index (χ0) is 6.91. The molecule has 1 rings (SSSR count). The van der Waals surface area contributed by atoms with Crippen molar-refractivity contribution in [2.24, 2.45) is 11.5 Å². The summed E-state index contributed by atoms with van der Waals surface area (Å²) >= 11 is 0. The van der Waals surface area contributed by atoms with Crippen LogP contribution in [0.25, 0.3) is 0 Å². The second-order valence-electron chi connectivity index (χ2n) is 2.75. The Hall–Kier alpha value is -0.760. The van der Waals surface area contributed by atoms with Gasteiger partial charge in [0.25, 0.3) is 0 Å². The summed E-state index contributed by atoms with van der Waals surface area (Å²) in [5.41, 5.74) is 11.9. The summed E-state index contributed by atoms with van der Waals surface area (Å²) < 4.78 is 0. The van der Waals surface area contributed by atoms with Crippen molar-refractivity contribution in [1.82, 2.24) is 0 Å². The molecule has 0 saturated carbocycles. The summed E-state index contributed by atoms with van der Waals surface area (Å²) in [7, 11) is 0. The molecule has 0 saturated heterocycles. The fourth-order valence-electron chi connectivity index (χ4n) is 0.760. The first kappa shape index (κ1) is 6.36. The maximum atomic E-state index is 5.75. The van der Waals surface area contributed by atoms with Crippen LogP contribution >= 0.6 is 0 Å². The fourth-order valence-corrected chi connectivity index (χ4v) is 0.760. The number of hydrogen-bond acceptors (Lipinski definition) is 2. The predicted octanol–water partition coefficient (Wildman–Crippen LogP) is 0.506. The Balaban J connectivity index is 2.70. The Morgan fingerprint density at radius 3 is 2.67 bits per heavy atom. The first-order valence-electron chi connectivity index (χ1n) is 3.04. The monoisotopic (exact) mass is 124 g/mol. The van der Waals surface area contributed by atoms with Gasteiger partial charge in [-0.2, -0.15) is 0 Å². The SMILES string of the molecule is CC1(N)C=CC(N)=CC1. The topological polar surface area (TPSA) is 52.0 Å². The summed E-state index contributed by atoms with van der Waals surface area (Å²) in [4.78, 5) is 0. The highest BCUT2D eigenvalue weighted by Crippen LogP contribution is 2.14. The van der Waals surface area contributed by atoms with E-state index in [4.69, 9.17) is 11.5 Å². The standard InChI is InChI=1S/C7H12N2/c1-7(9)4-2-6(8)3-5-7/h2-4H,5,8-9H2,1H3. The molecule has 50 valence electrons. The van der Waals surface area contributed by atoms with Crippen molar-refractivity contribution in [2.45, 2.75) is 18.9 Å². The molecule has 1 atom stereocenters. The summed E-state index contributed by atoms with van der Waals surface area (Å²) in [5.74, 6) is 0. The van der Waals surface area contributed by atoms with E-state index in [-0.39, 0.29) is 5.54 Å². The lowest BCUT2D eigenvalue weighted by molar-refractivity contribution is 0.586. The molecule has 0 radical (unpaired) electrons. The van der Waals surface area contributed by atoms with Crippen molar-refractivity contribution >= 4 is 0 Å². The molecule has 0 aromatic heterocycles. The predicted molar refractivity (Wildman–Crippen MR) is 38.6 cm³/mol. The molecule has 0 aliphatic heterocycles. The van der Waals surface area contributed by atoms with Crippen LogP contribution in [-0.2, 0) is 0 Å². The van der Waals surface area contributed by atoms with Gasteiger partial charge < -0.3 is 11.5 Å². The van der Waals surface area contributed by atoms with E-state index >= 15 is 0 Å². The second-order valence-corrected chi connectivity index (χ2v) is 2.75. The summed E-state index contributed by atoms with van der Waals surface area (Å²) in [6.07, 6.45) is 6.57. The van der Waals surface area contributed by atoms with Crippen molar-refractivity contribution in [3.05, 3.63) is 23.9 Å². The molecular formula is C7H12N2. The number of rotatable bonds is 0. The normalized spacial score (nSPS) is 34.2. The molecule has 2 heteroatoms. The molecule has 2 nitrogen and oxygen atoms in total. The molecule has 0 aromatic rings. The van der Waals surface area contributed by atoms with Crippen molar-refractivity contribution in [2.75, 3.05) is 0 Å². The lowest BCUT2D eigenvalue weighted by atomic mass is 9.94. The van der Waals surface area contributed by atoms with Crippen LogP contribution in [0.3, 0.4) is 0 Å². The van der Waals surface area contributed by atoms with Crippen molar-refractivity contribution in [3.8, 4) is 0 Å². The lowest BCUT2D eigenvalue weighted by Crippen LogP contribution is -2.34. The van der Waals surface area contributed by atoms with Gasteiger partial charge in [0.05, 0.1) is 0 Å². The summed E-state index contributed by atoms with van der Waals surface area (Å²) in [5, 5.41) is 0. The highest BCUT2D eigenvalue weighted by atomic mass is 14.7. The maximum Gasteiger partial charge on any atom is 0.0350 e. The Morgan fingerprint density at radius 2 is 2.33 bits per heavy atom. The lowest BCUT2D eigenvalue weighted by Gasteiger charge is -2.21. The van der Waals surface area contributed by atoms with Gasteiger partial charge in [-0.25, -0.2) is 0 Å². The number of hydrogen-bond donors (Lipinski definition) is 2. The van der Waals surface area contributed by atoms with Gasteiger partial charge in [-0.1, -0.05) is 12.2 Å².